The smallest absolute Gasteiger partial charge is 0.295 e. The van der Waals surface area contributed by atoms with Gasteiger partial charge < -0.3 is 0 Å². The first-order valence-corrected chi connectivity index (χ1v) is 7.46. The van der Waals surface area contributed by atoms with Crippen molar-refractivity contribution in [1.82, 2.24) is 0 Å². The summed E-state index contributed by atoms with van der Waals surface area (Å²) in [4.78, 5) is 31.3. The second kappa shape index (κ2) is 9.17. The quantitative estimate of drug-likeness (QED) is 0.562. The van der Waals surface area contributed by atoms with Crippen molar-refractivity contribution in [3.05, 3.63) is 34.4 Å². The Labute approximate surface area is 129 Å². The predicted molar refractivity (Wildman–Crippen MR) is 79.8 cm³/mol. The zero-order chi connectivity index (χ0) is 16.5. The Kier molecular flexibility index (Phi) is 7.56. The molecule has 122 valence electrons. The fourth-order valence-corrected chi connectivity index (χ4v) is 2.43. The lowest BCUT2D eigenvalue weighted by Crippen LogP contribution is -2.16. The molecule has 1 aromatic rings. The number of aryl methyl sites for hydroxylation is 1. The summed E-state index contributed by atoms with van der Waals surface area (Å²) in [5.41, 5.74) is 1.44. The van der Waals surface area contributed by atoms with E-state index in [0.29, 0.717) is 24.0 Å². The van der Waals surface area contributed by atoms with Gasteiger partial charge in [0.2, 0.25) is 0 Å². The van der Waals surface area contributed by atoms with Crippen molar-refractivity contribution in [3.8, 4) is 0 Å². The maximum atomic E-state index is 12.0. The van der Waals surface area contributed by atoms with Crippen molar-refractivity contribution in [2.24, 2.45) is 0 Å². The van der Waals surface area contributed by atoms with Gasteiger partial charge in [0.25, 0.3) is 0 Å². The second-order valence-corrected chi connectivity index (χ2v) is 5.09. The molecule has 0 unspecified atom stereocenters. The number of hydrogen-bond donors (Lipinski definition) is 2. The number of carbonyl (C=O) groups is 2. The molecule has 2 N–H and O–H groups in total. The fourth-order valence-electron chi connectivity index (χ4n) is 2.43. The number of carbonyl (C=O) groups excluding carboxylic acids is 2. The molecule has 0 aliphatic rings. The van der Waals surface area contributed by atoms with Gasteiger partial charge in [-0.2, -0.15) is 10.5 Å². The van der Waals surface area contributed by atoms with E-state index in [1.807, 2.05) is 13.8 Å². The summed E-state index contributed by atoms with van der Waals surface area (Å²) < 4.78 is 0. The third-order valence-corrected chi connectivity index (χ3v) is 3.57. The highest BCUT2D eigenvalue weighted by Gasteiger charge is 2.24. The van der Waals surface area contributed by atoms with E-state index in [9.17, 15) is 9.59 Å². The van der Waals surface area contributed by atoms with E-state index in [-0.39, 0.29) is 11.1 Å². The van der Waals surface area contributed by atoms with Crippen LogP contribution in [0.1, 0.15) is 71.4 Å². The van der Waals surface area contributed by atoms with Crippen LogP contribution in [0.5, 0.6) is 0 Å². The van der Waals surface area contributed by atoms with Crippen LogP contribution in [-0.4, -0.2) is 22.5 Å². The summed E-state index contributed by atoms with van der Waals surface area (Å²) >= 11 is 0. The highest BCUT2D eigenvalue weighted by Crippen LogP contribution is 2.25. The maximum absolute atomic E-state index is 12.0. The molecule has 6 heteroatoms. The summed E-state index contributed by atoms with van der Waals surface area (Å²) in [6.45, 7) is 4.01. The zero-order valence-electron chi connectivity index (χ0n) is 12.9. The van der Waals surface area contributed by atoms with Gasteiger partial charge in [-0.1, -0.05) is 32.8 Å². The first-order valence-electron chi connectivity index (χ1n) is 7.46. The van der Waals surface area contributed by atoms with Crippen LogP contribution in [0, 0.1) is 0 Å². The number of benzene rings is 1. The topological polar surface area (TPSA) is 93.1 Å². The van der Waals surface area contributed by atoms with Gasteiger partial charge >= 0.3 is 11.9 Å². The highest BCUT2D eigenvalue weighted by atomic mass is 17.1. The van der Waals surface area contributed by atoms with Crippen LogP contribution in [-0.2, 0) is 22.6 Å². The molecule has 0 fully saturated rings. The van der Waals surface area contributed by atoms with E-state index in [1.165, 1.54) is 6.07 Å². The van der Waals surface area contributed by atoms with E-state index in [2.05, 4.69) is 9.78 Å². The SMILES string of the molecule is CCCCc1ccc(C(=O)OO)c(CCCC)c1C(=O)OO. The Morgan fingerprint density at radius 1 is 0.955 bits per heavy atom. The van der Waals surface area contributed by atoms with Gasteiger partial charge in [0.15, 0.2) is 0 Å². The van der Waals surface area contributed by atoms with Crippen molar-refractivity contribution in [3.63, 3.8) is 0 Å². The van der Waals surface area contributed by atoms with Gasteiger partial charge in [-0.3, -0.25) is 9.78 Å². The van der Waals surface area contributed by atoms with Crippen molar-refractivity contribution < 1.29 is 29.9 Å². The summed E-state index contributed by atoms with van der Waals surface area (Å²) in [5.74, 6) is -1.83. The average Bonchev–Trinajstić information content (AvgIpc) is 2.56. The molecule has 0 aromatic heterocycles. The van der Waals surface area contributed by atoms with Crippen LogP contribution < -0.4 is 0 Å². The Hall–Kier alpha value is -1.92. The van der Waals surface area contributed by atoms with Crippen LogP contribution in [0.15, 0.2) is 12.1 Å². The minimum atomic E-state index is -0.930. The van der Waals surface area contributed by atoms with Crippen LogP contribution in [0.4, 0.5) is 0 Å². The molecule has 0 aliphatic heterocycles. The molecule has 1 rings (SSSR count). The molecule has 0 spiro atoms. The zero-order valence-corrected chi connectivity index (χ0v) is 12.9. The van der Waals surface area contributed by atoms with Crippen molar-refractivity contribution in [2.45, 2.75) is 52.4 Å². The van der Waals surface area contributed by atoms with Crippen molar-refractivity contribution >= 4 is 11.9 Å². The molecule has 22 heavy (non-hydrogen) atoms. The van der Waals surface area contributed by atoms with Gasteiger partial charge in [-0.05, 0) is 42.9 Å². The first kappa shape index (κ1) is 18.1. The van der Waals surface area contributed by atoms with Gasteiger partial charge in [-0.15, -0.1) is 0 Å². The first-order chi connectivity index (χ1) is 10.6. The number of hydrogen-bond acceptors (Lipinski definition) is 6. The van der Waals surface area contributed by atoms with Gasteiger partial charge in [-0.25, -0.2) is 9.59 Å². The largest absolute Gasteiger partial charge is 0.373 e. The Morgan fingerprint density at radius 2 is 1.55 bits per heavy atom. The fraction of sp³-hybridized carbons (Fsp3) is 0.500. The molecule has 0 saturated heterocycles. The molecule has 1 aromatic carbocycles. The molecular formula is C16H22O6. The van der Waals surface area contributed by atoms with Crippen LogP contribution in [0.25, 0.3) is 0 Å². The molecule has 0 atom stereocenters. The minimum absolute atomic E-state index is 0.108. The Morgan fingerprint density at radius 3 is 2.09 bits per heavy atom. The molecule has 0 amide bonds. The van der Waals surface area contributed by atoms with E-state index in [4.69, 9.17) is 10.5 Å². The monoisotopic (exact) mass is 310 g/mol. The molecule has 6 nitrogen and oxygen atoms in total. The predicted octanol–water partition coefficient (Wildman–Crippen LogP) is 3.63. The lowest BCUT2D eigenvalue weighted by Gasteiger charge is -2.15. The standard InChI is InChI=1S/C16H22O6/c1-3-5-7-11-9-10-13(15(17)21-19)12(8-6-4-2)14(11)16(18)22-20/h9-10,19-20H,3-8H2,1-2H3. The van der Waals surface area contributed by atoms with Crippen LogP contribution in [0.3, 0.4) is 0 Å². The highest BCUT2D eigenvalue weighted by molar-refractivity contribution is 5.98. The summed E-state index contributed by atoms with van der Waals surface area (Å²) in [6.07, 6.45) is 4.50. The van der Waals surface area contributed by atoms with Crippen molar-refractivity contribution in [1.29, 1.82) is 0 Å². The third-order valence-electron chi connectivity index (χ3n) is 3.57. The normalized spacial score (nSPS) is 10.4. The molecule has 0 radical (unpaired) electrons. The Bertz CT molecular complexity index is 524. The molecular weight excluding hydrogens is 288 g/mol. The van der Waals surface area contributed by atoms with Crippen LogP contribution >= 0.6 is 0 Å². The van der Waals surface area contributed by atoms with Gasteiger partial charge in [0.05, 0.1) is 11.1 Å². The summed E-state index contributed by atoms with van der Waals surface area (Å²) in [6, 6.07) is 3.16. The Balaban J connectivity index is 3.43. The van der Waals surface area contributed by atoms with Crippen molar-refractivity contribution in [2.75, 3.05) is 0 Å². The van der Waals surface area contributed by atoms with Crippen LogP contribution in [0.2, 0.25) is 0 Å². The lowest BCUT2D eigenvalue weighted by atomic mass is 9.90. The number of rotatable bonds is 8. The van der Waals surface area contributed by atoms with Gasteiger partial charge in [0, 0.05) is 0 Å². The molecule has 0 heterocycles. The maximum Gasteiger partial charge on any atom is 0.373 e. The van der Waals surface area contributed by atoms with E-state index < -0.39 is 11.9 Å². The molecule has 0 saturated carbocycles. The number of unbranched alkanes of at least 4 members (excludes halogenated alkanes) is 2. The third kappa shape index (κ3) is 4.29. The molecule has 0 aliphatic carbocycles. The average molecular weight is 310 g/mol. The van der Waals surface area contributed by atoms with Gasteiger partial charge in [0.1, 0.15) is 0 Å². The minimum Gasteiger partial charge on any atom is -0.295 e. The van der Waals surface area contributed by atoms with E-state index in [0.717, 1.165) is 25.7 Å². The summed E-state index contributed by atoms with van der Waals surface area (Å²) in [5, 5.41) is 17.4. The second-order valence-electron chi connectivity index (χ2n) is 5.09. The lowest BCUT2D eigenvalue weighted by molar-refractivity contribution is -0.183. The summed E-state index contributed by atoms with van der Waals surface area (Å²) in [7, 11) is 0. The van der Waals surface area contributed by atoms with E-state index in [1.54, 1.807) is 6.07 Å². The van der Waals surface area contributed by atoms with E-state index >= 15 is 0 Å². The molecule has 0 bridgehead atoms.